The van der Waals surface area contributed by atoms with Crippen molar-refractivity contribution in [1.29, 1.82) is 0 Å². The molecule has 1 aliphatic heterocycles. The molecule has 0 spiro atoms. The summed E-state index contributed by atoms with van der Waals surface area (Å²) in [6, 6.07) is 3.42. The fourth-order valence-electron chi connectivity index (χ4n) is 2.39. The van der Waals surface area contributed by atoms with Gasteiger partial charge in [-0.3, -0.25) is 0 Å². The van der Waals surface area contributed by atoms with Gasteiger partial charge in [0.05, 0.1) is 6.04 Å². The zero-order valence-electron chi connectivity index (χ0n) is 10.5. The van der Waals surface area contributed by atoms with Crippen molar-refractivity contribution < 1.29 is 14.5 Å². The summed E-state index contributed by atoms with van der Waals surface area (Å²) < 4.78 is 10.5. The van der Waals surface area contributed by atoms with Crippen molar-refractivity contribution in [1.82, 2.24) is 15.6 Å². The molecule has 0 aliphatic carbocycles. The van der Waals surface area contributed by atoms with Gasteiger partial charge in [-0.1, -0.05) is 0 Å². The number of fused-ring (bicyclic) bond motifs is 2. The van der Waals surface area contributed by atoms with E-state index >= 15 is 0 Å². The Morgan fingerprint density at radius 3 is 2.61 bits per heavy atom. The van der Waals surface area contributed by atoms with E-state index in [-0.39, 0.29) is 6.04 Å². The maximum atomic E-state index is 10.3. The molecule has 18 heavy (non-hydrogen) atoms. The monoisotopic (exact) mass is 249 g/mol. The van der Waals surface area contributed by atoms with Crippen molar-refractivity contribution in [3.8, 4) is 5.75 Å². The Labute approximate surface area is 104 Å². The number of likely N-dealkylation sites (N-methyl/N-ethyl adjacent to an activating group) is 1. The van der Waals surface area contributed by atoms with Crippen LogP contribution in [0.3, 0.4) is 0 Å². The number of nitrogens with zero attached hydrogens (tertiary/aromatic N) is 2. The van der Waals surface area contributed by atoms with Gasteiger partial charge in [0.2, 0.25) is 0 Å². The first-order valence-electron chi connectivity index (χ1n) is 5.83. The quantitative estimate of drug-likeness (QED) is 0.785. The van der Waals surface area contributed by atoms with Crippen LogP contribution in [-0.2, 0) is 0 Å². The fraction of sp³-hybridized carbons (Fsp3) is 0.500. The number of hydrogen-bond donors (Lipinski definition) is 2. The third kappa shape index (κ3) is 1.49. The maximum Gasteiger partial charge on any atom is 0.138 e. The van der Waals surface area contributed by atoms with Crippen molar-refractivity contribution in [2.45, 2.75) is 31.6 Å². The van der Waals surface area contributed by atoms with Crippen LogP contribution < -0.4 is 10.1 Å². The van der Waals surface area contributed by atoms with E-state index in [2.05, 4.69) is 15.6 Å². The number of hydrogen-bond acceptors (Lipinski definition) is 6. The van der Waals surface area contributed by atoms with E-state index in [1.54, 1.807) is 6.07 Å². The van der Waals surface area contributed by atoms with Crippen LogP contribution in [0.4, 0.5) is 0 Å². The second kappa shape index (κ2) is 3.66. The molecular formula is C12H15N3O3. The van der Waals surface area contributed by atoms with Crippen LogP contribution >= 0.6 is 0 Å². The SMILES string of the molecule is CNC1c2cc3nonc3cc2OC(C)(C)C1O. The predicted octanol–water partition coefficient (Wildman–Crippen LogP) is 1.02. The van der Waals surface area contributed by atoms with Gasteiger partial charge in [-0.25, -0.2) is 4.63 Å². The van der Waals surface area contributed by atoms with Crippen molar-refractivity contribution in [3.05, 3.63) is 17.7 Å². The lowest BCUT2D eigenvalue weighted by atomic mass is 9.86. The van der Waals surface area contributed by atoms with Gasteiger partial charge in [0.15, 0.2) is 0 Å². The summed E-state index contributed by atoms with van der Waals surface area (Å²) in [6.45, 7) is 3.71. The van der Waals surface area contributed by atoms with Crippen LogP contribution in [-0.4, -0.2) is 34.2 Å². The maximum absolute atomic E-state index is 10.3. The molecule has 96 valence electrons. The summed E-state index contributed by atoms with van der Waals surface area (Å²) in [4.78, 5) is 0. The molecule has 2 heterocycles. The first-order valence-corrected chi connectivity index (χ1v) is 5.83. The van der Waals surface area contributed by atoms with Crippen LogP contribution in [0.25, 0.3) is 11.0 Å². The Kier molecular flexibility index (Phi) is 2.33. The predicted molar refractivity (Wildman–Crippen MR) is 64.3 cm³/mol. The summed E-state index contributed by atoms with van der Waals surface area (Å²) >= 11 is 0. The van der Waals surface area contributed by atoms with Crippen LogP contribution in [0, 0.1) is 0 Å². The molecule has 0 saturated heterocycles. The number of aliphatic hydroxyl groups excluding tert-OH is 1. The highest BCUT2D eigenvalue weighted by Gasteiger charge is 2.42. The Balaban J connectivity index is 2.21. The van der Waals surface area contributed by atoms with Gasteiger partial charge in [-0.15, -0.1) is 0 Å². The molecule has 2 unspecified atom stereocenters. The zero-order chi connectivity index (χ0) is 12.9. The number of benzene rings is 1. The Morgan fingerprint density at radius 1 is 1.28 bits per heavy atom. The van der Waals surface area contributed by atoms with Gasteiger partial charge in [0.1, 0.15) is 28.5 Å². The smallest absolute Gasteiger partial charge is 0.138 e. The van der Waals surface area contributed by atoms with Crippen LogP contribution in [0.5, 0.6) is 5.75 Å². The third-order valence-corrected chi connectivity index (χ3v) is 3.43. The molecular weight excluding hydrogens is 234 g/mol. The molecule has 6 nitrogen and oxygen atoms in total. The molecule has 1 aliphatic rings. The molecule has 1 aromatic carbocycles. The highest BCUT2D eigenvalue weighted by Crippen LogP contribution is 2.40. The number of aliphatic hydroxyl groups is 1. The molecule has 3 rings (SSSR count). The minimum absolute atomic E-state index is 0.204. The third-order valence-electron chi connectivity index (χ3n) is 3.43. The van der Waals surface area contributed by atoms with E-state index in [9.17, 15) is 5.11 Å². The molecule has 0 saturated carbocycles. The Bertz CT molecular complexity index is 593. The number of nitrogens with one attached hydrogen (secondary N) is 1. The van der Waals surface area contributed by atoms with Crippen LogP contribution in [0.2, 0.25) is 0 Å². The van der Waals surface area contributed by atoms with Gasteiger partial charge in [0.25, 0.3) is 0 Å². The van der Waals surface area contributed by atoms with Gasteiger partial charge in [-0.2, -0.15) is 0 Å². The molecule has 0 bridgehead atoms. The highest BCUT2D eigenvalue weighted by atomic mass is 16.6. The van der Waals surface area contributed by atoms with Crippen molar-refractivity contribution >= 4 is 11.0 Å². The fourth-order valence-corrected chi connectivity index (χ4v) is 2.39. The average molecular weight is 249 g/mol. The lowest BCUT2D eigenvalue weighted by Gasteiger charge is -2.41. The first kappa shape index (κ1) is 11.4. The molecule has 0 fully saturated rings. The van der Waals surface area contributed by atoms with E-state index in [0.29, 0.717) is 16.8 Å². The van der Waals surface area contributed by atoms with Gasteiger partial charge < -0.3 is 15.2 Å². The average Bonchev–Trinajstić information content (AvgIpc) is 2.75. The minimum atomic E-state index is -0.661. The van der Waals surface area contributed by atoms with Gasteiger partial charge in [-0.05, 0) is 37.3 Å². The minimum Gasteiger partial charge on any atom is -0.485 e. The van der Waals surface area contributed by atoms with E-state index < -0.39 is 11.7 Å². The molecule has 6 heteroatoms. The summed E-state index contributed by atoms with van der Waals surface area (Å²) in [5, 5.41) is 21.0. The number of rotatable bonds is 1. The molecule has 2 atom stereocenters. The molecule has 2 N–H and O–H groups in total. The molecule has 2 aromatic rings. The van der Waals surface area contributed by atoms with E-state index in [1.165, 1.54) is 0 Å². The van der Waals surface area contributed by atoms with Gasteiger partial charge in [0, 0.05) is 11.6 Å². The topological polar surface area (TPSA) is 80.4 Å². The van der Waals surface area contributed by atoms with Crippen molar-refractivity contribution in [2.75, 3.05) is 7.05 Å². The summed E-state index contributed by atoms with van der Waals surface area (Å²) in [6.07, 6.45) is -0.646. The van der Waals surface area contributed by atoms with Crippen molar-refractivity contribution in [2.24, 2.45) is 0 Å². The largest absolute Gasteiger partial charge is 0.485 e. The number of aromatic nitrogens is 2. The second-order valence-electron chi connectivity index (χ2n) is 5.06. The van der Waals surface area contributed by atoms with Crippen LogP contribution in [0.15, 0.2) is 16.8 Å². The normalized spacial score (nSPS) is 25.8. The second-order valence-corrected chi connectivity index (χ2v) is 5.06. The Morgan fingerprint density at radius 2 is 1.94 bits per heavy atom. The van der Waals surface area contributed by atoms with Crippen molar-refractivity contribution in [3.63, 3.8) is 0 Å². The highest BCUT2D eigenvalue weighted by molar-refractivity contribution is 5.77. The molecule has 0 radical (unpaired) electrons. The first-order chi connectivity index (χ1) is 8.53. The number of ether oxygens (including phenoxy) is 1. The summed E-state index contributed by atoms with van der Waals surface area (Å²) in [5.74, 6) is 0.702. The standard InChI is InChI=1S/C12H15N3O3/c1-12(2)11(16)10(13-3)6-4-7-8(15-18-14-7)5-9(6)17-12/h4-5,10-11,13,16H,1-3H3. The summed E-state index contributed by atoms with van der Waals surface area (Å²) in [5.41, 5.74) is 1.51. The lowest BCUT2D eigenvalue weighted by molar-refractivity contribution is -0.0630. The van der Waals surface area contributed by atoms with E-state index in [1.807, 2.05) is 27.0 Å². The molecule has 0 amide bonds. The zero-order valence-corrected chi connectivity index (χ0v) is 10.5. The Hall–Kier alpha value is -1.66. The van der Waals surface area contributed by atoms with E-state index in [0.717, 1.165) is 5.56 Å². The summed E-state index contributed by atoms with van der Waals surface area (Å²) in [7, 11) is 1.81. The lowest BCUT2D eigenvalue weighted by Crippen LogP contribution is -2.51. The molecule has 1 aromatic heterocycles. The van der Waals surface area contributed by atoms with Gasteiger partial charge >= 0.3 is 0 Å². The van der Waals surface area contributed by atoms with Crippen LogP contribution in [0.1, 0.15) is 25.5 Å². The van der Waals surface area contributed by atoms with E-state index in [4.69, 9.17) is 9.37 Å².